The summed E-state index contributed by atoms with van der Waals surface area (Å²) >= 11 is 0. The number of hydrogen-bond donors (Lipinski definition) is 0. The van der Waals surface area contributed by atoms with Gasteiger partial charge in [0.05, 0.1) is 6.10 Å². The molecule has 0 aromatic carbocycles. The molecule has 0 saturated heterocycles. The van der Waals surface area contributed by atoms with Crippen molar-refractivity contribution < 1.29 is 9.53 Å². The summed E-state index contributed by atoms with van der Waals surface area (Å²) in [6.45, 7) is 2.14. The second-order valence-electron chi connectivity index (χ2n) is 3.03. The fourth-order valence-corrected chi connectivity index (χ4v) is 1.42. The van der Waals surface area contributed by atoms with Gasteiger partial charge in [0.2, 0.25) is 0 Å². The average Bonchev–Trinajstić information content (AvgIpc) is 1.94. The molecule has 0 aromatic rings. The van der Waals surface area contributed by atoms with Crippen LogP contribution < -0.4 is 0 Å². The van der Waals surface area contributed by atoms with Crippen molar-refractivity contribution in [3.63, 3.8) is 0 Å². The summed E-state index contributed by atoms with van der Waals surface area (Å²) in [5, 5.41) is 0. The highest BCUT2D eigenvalue weighted by Crippen LogP contribution is 2.23. The van der Waals surface area contributed by atoms with Crippen LogP contribution >= 0.6 is 0 Å². The normalized spacial score (nSPS) is 34.4. The number of rotatable bonds is 1. The summed E-state index contributed by atoms with van der Waals surface area (Å²) in [5.74, 6) is 0.910. The first-order valence-corrected chi connectivity index (χ1v) is 3.78. The van der Waals surface area contributed by atoms with Crippen LogP contribution in [-0.2, 0) is 9.53 Å². The first-order chi connectivity index (χ1) is 4.74. The van der Waals surface area contributed by atoms with E-state index in [0.717, 1.165) is 12.8 Å². The number of hydrogen-bond acceptors (Lipinski definition) is 2. The van der Waals surface area contributed by atoms with Gasteiger partial charge in [-0.3, -0.25) is 4.79 Å². The Morgan fingerprint density at radius 1 is 1.60 bits per heavy atom. The molecule has 1 aliphatic rings. The lowest BCUT2D eigenvalue weighted by molar-refractivity contribution is -0.125. The van der Waals surface area contributed by atoms with Crippen molar-refractivity contribution in [2.45, 2.75) is 32.3 Å². The minimum Gasteiger partial charge on any atom is -0.381 e. The minimum atomic E-state index is 0.182. The molecule has 1 rings (SSSR count). The summed E-state index contributed by atoms with van der Waals surface area (Å²) in [5.41, 5.74) is 0. The van der Waals surface area contributed by atoms with Crippen LogP contribution in [-0.4, -0.2) is 19.0 Å². The molecule has 1 saturated carbocycles. The van der Waals surface area contributed by atoms with Gasteiger partial charge in [-0.2, -0.15) is 0 Å². The van der Waals surface area contributed by atoms with Crippen molar-refractivity contribution >= 4 is 5.78 Å². The first kappa shape index (κ1) is 7.73. The molecule has 2 atom stereocenters. The SMILES string of the molecule is COC1CC(=O)CCC1C. The van der Waals surface area contributed by atoms with Gasteiger partial charge in [0.25, 0.3) is 0 Å². The molecule has 2 nitrogen and oxygen atoms in total. The predicted molar refractivity (Wildman–Crippen MR) is 38.8 cm³/mol. The molecule has 1 aliphatic carbocycles. The standard InChI is InChI=1S/C8H14O2/c1-6-3-4-7(9)5-8(6)10-2/h6,8H,3-5H2,1-2H3. The molecular weight excluding hydrogens is 128 g/mol. The van der Waals surface area contributed by atoms with E-state index in [4.69, 9.17) is 4.74 Å². The molecule has 2 unspecified atom stereocenters. The molecule has 0 bridgehead atoms. The fourth-order valence-electron chi connectivity index (χ4n) is 1.42. The highest BCUT2D eigenvalue weighted by atomic mass is 16.5. The predicted octanol–water partition coefficient (Wildman–Crippen LogP) is 1.39. The van der Waals surface area contributed by atoms with Crippen molar-refractivity contribution in [1.29, 1.82) is 0 Å². The molecule has 0 N–H and O–H groups in total. The zero-order valence-corrected chi connectivity index (χ0v) is 6.59. The van der Waals surface area contributed by atoms with Crippen LogP contribution in [0, 0.1) is 5.92 Å². The van der Waals surface area contributed by atoms with E-state index < -0.39 is 0 Å². The maximum absolute atomic E-state index is 10.9. The third-order valence-electron chi connectivity index (χ3n) is 2.24. The van der Waals surface area contributed by atoms with Crippen LogP contribution in [0.1, 0.15) is 26.2 Å². The number of ketones is 1. The van der Waals surface area contributed by atoms with E-state index in [1.54, 1.807) is 7.11 Å². The minimum absolute atomic E-state index is 0.182. The third-order valence-corrected chi connectivity index (χ3v) is 2.24. The second-order valence-corrected chi connectivity index (χ2v) is 3.03. The lowest BCUT2D eigenvalue weighted by atomic mass is 9.87. The number of carbonyl (C=O) groups is 1. The van der Waals surface area contributed by atoms with E-state index in [9.17, 15) is 4.79 Å². The van der Waals surface area contributed by atoms with Crippen LogP contribution in [0.4, 0.5) is 0 Å². The lowest BCUT2D eigenvalue weighted by Crippen LogP contribution is -2.29. The highest BCUT2D eigenvalue weighted by Gasteiger charge is 2.25. The molecule has 2 heteroatoms. The summed E-state index contributed by atoms with van der Waals surface area (Å²) in [6.07, 6.45) is 2.55. The van der Waals surface area contributed by atoms with Crippen molar-refractivity contribution in [3.8, 4) is 0 Å². The van der Waals surface area contributed by atoms with Gasteiger partial charge in [0.15, 0.2) is 0 Å². The Balaban J connectivity index is 2.45. The van der Waals surface area contributed by atoms with Crippen LogP contribution in [0.25, 0.3) is 0 Å². The van der Waals surface area contributed by atoms with Crippen LogP contribution in [0.2, 0.25) is 0 Å². The smallest absolute Gasteiger partial charge is 0.135 e. The molecule has 0 amide bonds. The van der Waals surface area contributed by atoms with Gasteiger partial charge in [-0.15, -0.1) is 0 Å². The van der Waals surface area contributed by atoms with Gasteiger partial charge in [-0.1, -0.05) is 6.92 Å². The average molecular weight is 142 g/mol. The monoisotopic (exact) mass is 142 g/mol. The number of carbonyl (C=O) groups excluding carboxylic acids is 1. The lowest BCUT2D eigenvalue weighted by Gasteiger charge is -2.26. The quantitative estimate of drug-likeness (QED) is 0.553. The van der Waals surface area contributed by atoms with Gasteiger partial charge >= 0.3 is 0 Å². The number of methoxy groups -OCH3 is 1. The summed E-state index contributed by atoms with van der Waals surface area (Å²) in [4.78, 5) is 10.9. The zero-order chi connectivity index (χ0) is 7.56. The van der Waals surface area contributed by atoms with Crippen molar-refractivity contribution in [2.24, 2.45) is 5.92 Å². The Morgan fingerprint density at radius 2 is 2.30 bits per heavy atom. The molecule has 0 aliphatic heterocycles. The molecule has 10 heavy (non-hydrogen) atoms. The van der Waals surface area contributed by atoms with E-state index >= 15 is 0 Å². The third kappa shape index (κ3) is 1.57. The summed E-state index contributed by atoms with van der Waals surface area (Å²) < 4.78 is 5.15. The number of Topliss-reactive ketones (excluding diaryl/α,β-unsaturated/α-hetero) is 1. The topological polar surface area (TPSA) is 26.3 Å². The van der Waals surface area contributed by atoms with Crippen LogP contribution in [0.15, 0.2) is 0 Å². The number of ether oxygens (including phenoxy) is 1. The molecule has 0 radical (unpaired) electrons. The van der Waals surface area contributed by atoms with E-state index in [0.29, 0.717) is 18.1 Å². The van der Waals surface area contributed by atoms with Crippen molar-refractivity contribution in [3.05, 3.63) is 0 Å². The van der Waals surface area contributed by atoms with Gasteiger partial charge in [-0.05, 0) is 12.3 Å². The molecule has 0 heterocycles. The van der Waals surface area contributed by atoms with E-state index in [2.05, 4.69) is 6.92 Å². The van der Waals surface area contributed by atoms with Gasteiger partial charge < -0.3 is 4.74 Å². The van der Waals surface area contributed by atoms with E-state index in [1.165, 1.54) is 0 Å². The summed E-state index contributed by atoms with van der Waals surface area (Å²) in [7, 11) is 1.68. The zero-order valence-electron chi connectivity index (χ0n) is 6.59. The first-order valence-electron chi connectivity index (χ1n) is 3.78. The van der Waals surface area contributed by atoms with Crippen LogP contribution in [0.5, 0.6) is 0 Å². The second kappa shape index (κ2) is 3.15. The molecule has 0 spiro atoms. The van der Waals surface area contributed by atoms with Crippen molar-refractivity contribution in [2.75, 3.05) is 7.11 Å². The largest absolute Gasteiger partial charge is 0.381 e. The Labute approximate surface area is 61.6 Å². The Morgan fingerprint density at radius 3 is 2.80 bits per heavy atom. The maximum atomic E-state index is 10.9. The molecular formula is C8H14O2. The van der Waals surface area contributed by atoms with E-state index in [-0.39, 0.29) is 6.10 Å². The summed E-state index contributed by atoms with van der Waals surface area (Å²) in [6, 6.07) is 0. The fraction of sp³-hybridized carbons (Fsp3) is 0.875. The Hall–Kier alpha value is -0.370. The molecule has 1 fully saturated rings. The van der Waals surface area contributed by atoms with Gasteiger partial charge in [0.1, 0.15) is 5.78 Å². The van der Waals surface area contributed by atoms with Crippen molar-refractivity contribution in [1.82, 2.24) is 0 Å². The molecule has 0 aromatic heterocycles. The Kier molecular flexibility index (Phi) is 2.44. The van der Waals surface area contributed by atoms with Gasteiger partial charge in [0, 0.05) is 20.0 Å². The highest BCUT2D eigenvalue weighted by molar-refractivity contribution is 5.79. The maximum Gasteiger partial charge on any atom is 0.135 e. The Bertz CT molecular complexity index is 131. The molecule has 58 valence electrons. The van der Waals surface area contributed by atoms with Crippen LogP contribution in [0.3, 0.4) is 0 Å². The van der Waals surface area contributed by atoms with Gasteiger partial charge in [-0.25, -0.2) is 0 Å². The van der Waals surface area contributed by atoms with E-state index in [1.807, 2.05) is 0 Å².